The Bertz CT molecular complexity index is 1870. The van der Waals surface area contributed by atoms with E-state index in [4.69, 9.17) is 14.2 Å². The maximum absolute atomic E-state index is 12.9. The van der Waals surface area contributed by atoms with Crippen LogP contribution < -0.4 is 20.1 Å². The first-order chi connectivity index (χ1) is 24.2. The van der Waals surface area contributed by atoms with Gasteiger partial charge in [-0.1, -0.05) is 84.9 Å². The minimum absolute atomic E-state index is 0.276. The molecule has 2 heterocycles. The first-order valence-electron chi connectivity index (χ1n) is 16.9. The van der Waals surface area contributed by atoms with Crippen LogP contribution in [-0.4, -0.2) is 58.8 Å². The van der Waals surface area contributed by atoms with Gasteiger partial charge >= 0.3 is 11.9 Å². The van der Waals surface area contributed by atoms with Gasteiger partial charge < -0.3 is 30.0 Å². The van der Waals surface area contributed by atoms with E-state index < -0.39 is 29.3 Å². The van der Waals surface area contributed by atoms with E-state index >= 15 is 0 Å². The van der Waals surface area contributed by atoms with E-state index in [1.54, 1.807) is 6.92 Å². The Morgan fingerprint density at radius 2 is 0.980 bits per heavy atom. The van der Waals surface area contributed by atoms with E-state index in [9.17, 15) is 24.3 Å². The lowest BCUT2D eigenvalue weighted by Crippen LogP contribution is -2.59. The van der Waals surface area contributed by atoms with Crippen molar-refractivity contribution in [1.29, 1.82) is 0 Å². The van der Waals surface area contributed by atoms with E-state index in [0.29, 0.717) is 44.3 Å². The zero-order valence-corrected chi connectivity index (χ0v) is 27.6. The van der Waals surface area contributed by atoms with Gasteiger partial charge in [-0.25, -0.2) is 9.59 Å². The molecule has 10 nitrogen and oxygen atoms in total. The second-order valence-electron chi connectivity index (χ2n) is 13.2. The molecule has 3 N–H and O–H groups in total. The second kappa shape index (κ2) is 13.3. The Balaban J connectivity index is 0.000000157. The van der Waals surface area contributed by atoms with Crippen molar-refractivity contribution in [3.8, 4) is 11.5 Å². The molecule has 4 aliphatic rings. The highest BCUT2D eigenvalue weighted by atomic mass is 16.5. The van der Waals surface area contributed by atoms with Gasteiger partial charge in [-0.15, -0.1) is 0 Å². The molecule has 0 aromatic heterocycles. The van der Waals surface area contributed by atoms with Crippen LogP contribution in [0.1, 0.15) is 40.3 Å². The number of carbonyl (C=O) groups is 4. The molecule has 2 aliphatic carbocycles. The van der Waals surface area contributed by atoms with Crippen molar-refractivity contribution < 1.29 is 38.5 Å². The average Bonchev–Trinajstić information content (AvgIpc) is 3.90. The first-order valence-corrected chi connectivity index (χ1v) is 16.9. The highest BCUT2D eigenvalue weighted by molar-refractivity contribution is 5.92. The number of para-hydroxylation sites is 2. The summed E-state index contributed by atoms with van der Waals surface area (Å²) in [6.07, 6.45) is 1.14. The molecule has 4 aromatic carbocycles. The minimum Gasteiger partial charge on any atom is -0.480 e. The Morgan fingerprint density at radius 3 is 1.36 bits per heavy atom. The number of hydrogen-bond acceptors (Lipinski definition) is 7. The van der Waals surface area contributed by atoms with Gasteiger partial charge in [-0.05, 0) is 52.4 Å². The second-order valence-corrected chi connectivity index (χ2v) is 13.2. The molecular weight excluding hydrogens is 636 g/mol. The van der Waals surface area contributed by atoms with E-state index in [2.05, 4.69) is 10.6 Å². The van der Waals surface area contributed by atoms with Gasteiger partial charge in [0.05, 0.1) is 6.61 Å². The molecule has 256 valence electrons. The van der Waals surface area contributed by atoms with Crippen molar-refractivity contribution in [1.82, 2.24) is 10.6 Å². The lowest BCUT2D eigenvalue weighted by molar-refractivity contribution is -0.153. The number of nitrogens with one attached hydrogen (secondary N) is 2. The normalized spacial score (nSPS) is 19.5. The Morgan fingerprint density at radius 1 is 0.620 bits per heavy atom. The van der Waals surface area contributed by atoms with Gasteiger partial charge in [0.1, 0.15) is 22.6 Å². The summed E-state index contributed by atoms with van der Waals surface area (Å²) >= 11 is 0. The van der Waals surface area contributed by atoms with E-state index in [1.807, 2.05) is 97.1 Å². The number of hydrogen-bond donors (Lipinski definition) is 3. The van der Waals surface area contributed by atoms with Crippen molar-refractivity contribution in [2.75, 3.05) is 6.61 Å². The molecule has 0 radical (unpaired) electrons. The quantitative estimate of drug-likeness (QED) is 0.251. The highest BCUT2D eigenvalue weighted by Crippen LogP contribution is 2.34. The fourth-order valence-corrected chi connectivity index (χ4v) is 7.37. The number of amides is 2. The number of fused-ring (bicyclic) bond motifs is 4. The molecule has 0 spiro atoms. The van der Waals surface area contributed by atoms with Crippen LogP contribution in [0.15, 0.2) is 97.1 Å². The molecule has 4 aromatic rings. The van der Waals surface area contributed by atoms with E-state index in [1.165, 1.54) is 0 Å². The van der Waals surface area contributed by atoms with Crippen LogP contribution in [-0.2, 0) is 62.4 Å². The first kappa shape index (κ1) is 32.9. The summed E-state index contributed by atoms with van der Waals surface area (Å²) in [6, 6.07) is 30.6. The molecule has 0 bridgehead atoms. The number of aliphatic carboxylic acids is 1. The zero-order valence-electron chi connectivity index (χ0n) is 27.6. The summed E-state index contributed by atoms with van der Waals surface area (Å²) < 4.78 is 16.7. The van der Waals surface area contributed by atoms with Crippen molar-refractivity contribution in [3.05, 3.63) is 130 Å². The smallest absolute Gasteiger partial charge is 0.332 e. The molecular formula is C40H38N2O8. The topological polar surface area (TPSA) is 140 Å². The van der Waals surface area contributed by atoms with Gasteiger partial charge in [0.2, 0.25) is 0 Å². The maximum Gasteiger partial charge on any atom is 0.332 e. The lowest BCUT2D eigenvalue weighted by Gasteiger charge is -2.29. The fraction of sp³-hybridized carbons (Fsp3) is 0.300. The predicted octanol–water partition coefficient (Wildman–Crippen LogP) is 3.94. The summed E-state index contributed by atoms with van der Waals surface area (Å²) in [6.45, 7) is 2.05. The van der Waals surface area contributed by atoms with Crippen molar-refractivity contribution >= 4 is 23.8 Å². The summed E-state index contributed by atoms with van der Waals surface area (Å²) in [5, 5.41) is 15.5. The van der Waals surface area contributed by atoms with Gasteiger partial charge in [0, 0.05) is 38.5 Å². The van der Waals surface area contributed by atoms with Crippen LogP contribution in [0.3, 0.4) is 0 Å². The molecule has 2 amide bonds. The molecule has 2 atom stereocenters. The predicted molar refractivity (Wildman–Crippen MR) is 183 cm³/mol. The summed E-state index contributed by atoms with van der Waals surface area (Å²) in [5.41, 5.74) is 3.69. The third-order valence-corrected chi connectivity index (χ3v) is 9.89. The van der Waals surface area contributed by atoms with Gasteiger partial charge in [-0.3, -0.25) is 9.59 Å². The van der Waals surface area contributed by atoms with Gasteiger partial charge in [0.15, 0.2) is 12.2 Å². The number of benzene rings is 4. The summed E-state index contributed by atoms with van der Waals surface area (Å²) in [7, 11) is 0. The number of carboxylic acid groups (broad SMARTS) is 1. The average molecular weight is 675 g/mol. The Labute approximate surface area is 289 Å². The number of esters is 1. The van der Waals surface area contributed by atoms with Crippen LogP contribution in [0.25, 0.3) is 0 Å². The number of carboxylic acids is 1. The third kappa shape index (κ3) is 6.29. The van der Waals surface area contributed by atoms with Crippen molar-refractivity contribution in [2.24, 2.45) is 0 Å². The number of rotatable bonds is 7. The van der Waals surface area contributed by atoms with E-state index in [0.717, 1.165) is 39.1 Å². The van der Waals surface area contributed by atoms with E-state index in [-0.39, 0.29) is 24.4 Å². The zero-order chi connectivity index (χ0) is 34.9. The summed E-state index contributed by atoms with van der Waals surface area (Å²) in [5.74, 6) is -0.629. The van der Waals surface area contributed by atoms with Gasteiger partial charge in [0.25, 0.3) is 11.8 Å². The van der Waals surface area contributed by atoms with Crippen LogP contribution in [0.5, 0.6) is 11.5 Å². The monoisotopic (exact) mass is 674 g/mol. The molecule has 10 heteroatoms. The molecule has 50 heavy (non-hydrogen) atoms. The number of carbonyl (C=O) groups excluding carboxylic acids is 3. The maximum atomic E-state index is 12.9. The van der Waals surface area contributed by atoms with Crippen LogP contribution in [0.4, 0.5) is 0 Å². The number of ether oxygens (including phenoxy) is 3. The molecule has 2 unspecified atom stereocenters. The molecule has 8 rings (SSSR count). The Hall–Kier alpha value is -5.64. The molecule has 0 saturated heterocycles. The highest BCUT2D eigenvalue weighted by Gasteiger charge is 2.49. The summed E-state index contributed by atoms with van der Waals surface area (Å²) in [4.78, 5) is 50.2. The fourth-order valence-electron chi connectivity index (χ4n) is 7.37. The SMILES string of the molecule is CCOC(=O)C1(NC(=O)C2Cc3ccccc3O2)Cc2ccccc2C1.O=C(NC1(C(=O)O)Cc2ccccc2C1)C1Cc2ccccc2O1. The Kier molecular flexibility index (Phi) is 8.78. The largest absolute Gasteiger partial charge is 0.480 e. The van der Waals surface area contributed by atoms with Crippen molar-refractivity contribution in [3.63, 3.8) is 0 Å². The lowest BCUT2D eigenvalue weighted by atomic mass is 9.95. The van der Waals surface area contributed by atoms with Crippen LogP contribution in [0.2, 0.25) is 0 Å². The van der Waals surface area contributed by atoms with Crippen LogP contribution in [0, 0.1) is 0 Å². The third-order valence-electron chi connectivity index (χ3n) is 9.89. The molecule has 0 saturated carbocycles. The molecule has 0 fully saturated rings. The standard InChI is InChI=1S/C21H21NO4.C19H17NO4/c1-2-25-20(24)21(12-15-8-3-4-9-16(15)13-21)22-19(23)18-11-14-7-5-6-10-17(14)26-18;21-17(16-9-12-5-3-4-8-15(12)24-16)20-19(18(22)23)10-13-6-1-2-7-14(13)11-19/h3-10,18H,2,11-13H2,1H3,(H,22,23);1-8,16H,9-11H2,(H,20,21)(H,22,23). The molecule has 2 aliphatic heterocycles. The van der Waals surface area contributed by atoms with Crippen molar-refractivity contribution in [2.45, 2.75) is 68.7 Å². The van der Waals surface area contributed by atoms with Gasteiger partial charge in [-0.2, -0.15) is 0 Å². The minimum atomic E-state index is -1.29. The van der Waals surface area contributed by atoms with Crippen LogP contribution >= 0.6 is 0 Å².